The first-order chi connectivity index (χ1) is 15.3. The van der Waals surface area contributed by atoms with Gasteiger partial charge >= 0.3 is 0 Å². The Labute approximate surface area is 194 Å². The monoisotopic (exact) mass is 479 g/mol. The first-order valence-electron chi connectivity index (χ1n) is 9.72. The smallest absolute Gasteiger partial charge is 0.262 e. The van der Waals surface area contributed by atoms with Gasteiger partial charge in [0.15, 0.2) is 16.7 Å². The van der Waals surface area contributed by atoms with Gasteiger partial charge in [-0.15, -0.1) is 0 Å². The van der Waals surface area contributed by atoms with Crippen molar-refractivity contribution in [3.8, 4) is 5.75 Å². The highest BCUT2D eigenvalue weighted by Crippen LogP contribution is 2.22. The average molecular weight is 480 g/mol. The lowest BCUT2D eigenvalue weighted by atomic mass is 10.2. The second-order valence-corrected chi connectivity index (χ2v) is 8.39. The molecule has 2 aromatic carbocycles. The van der Waals surface area contributed by atoms with Crippen LogP contribution in [0.2, 0.25) is 5.02 Å². The molecule has 0 aliphatic heterocycles. The Morgan fingerprint density at radius 2 is 2.03 bits per heavy atom. The van der Waals surface area contributed by atoms with Crippen LogP contribution in [0.25, 0.3) is 10.9 Å². The molecule has 3 rings (SSSR count). The highest BCUT2D eigenvalue weighted by atomic mass is 35.5. The minimum absolute atomic E-state index is 0.0562. The number of nitrogens with zero attached hydrogens (tertiary/aromatic N) is 3. The lowest BCUT2D eigenvalue weighted by Gasteiger charge is -2.18. The number of fused-ring (bicyclic) bond motifs is 1. The topological polar surface area (TPSA) is 73.7 Å². The van der Waals surface area contributed by atoms with Crippen LogP contribution in [-0.2, 0) is 22.6 Å². The molecule has 0 saturated heterocycles. The van der Waals surface area contributed by atoms with E-state index in [1.54, 1.807) is 38.4 Å². The van der Waals surface area contributed by atoms with E-state index in [-0.39, 0.29) is 29.5 Å². The summed E-state index contributed by atoms with van der Waals surface area (Å²) in [6.07, 6.45) is 0. The largest absolute Gasteiger partial charge is 0.494 e. The summed E-state index contributed by atoms with van der Waals surface area (Å²) >= 11 is 7.21. The molecule has 0 atom stereocenters. The number of methoxy groups -OCH3 is 2. The fourth-order valence-corrected chi connectivity index (χ4v) is 4.20. The molecule has 0 spiro atoms. The van der Waals surface area contributed by atoms with Gasteiger partial charge in [-0.25, -0.2) is 9.37 Å². The highest BCUT2D eigenvalue weighted by molar-refractivity contribution is 7.99. The van der Waals surface area contributed by atoms with Gasteiger partial charge in [0.1, 0.15) is 0 Å². The Morgan fingerprint density at radius 3 is 2.72 bits per heavy atom. The third-order valence-electron chi connectivity index (χ3n) is 4.79. The number of aromatic nitrogens is 2. The number of ether oxygens (including phenoxy) is 2. The van der Waals surface area contributed by atoms with Crippen molar-refractivity contribution < 1.29 is 18.7 Å². The third-order valence-corrected chi connectivity index (χ3v) is 5.98. The normalized spacial score (nSPS) is 11.0. The molecule has 1 aromatic heterocycles. The van der Waals surface area contributed by atoms with Gasteiger partial charge in [-0.3, -0.25) is 14.2 Å². The number of amides is 1. The second kappa shape index (κ2) is 10.8. The predicted octanol–water partition coefficient (Wildman–Crippen LogP) is 3.59. The van der Waals surface area contributed by atoms with Gasteiger partial charge < -0.3 is 14.4 Å². The van der Waals surface area contributed by atoms with E-state index < -0.39 is 5.82 Å². The van der Waals surface area contributed by atoms with Crippen molar-refractivity contribution in [3.05, 3.63) is 63.2 Å². The van der Waals surface area contributed by atoms with Gasteiger partial charge in [0, 0.05) is 25.7 Å². The van der Waals surface area contributed by atoms with E-state index in [4.69, 9.17) is 21.1 Å². The third kappa shape index (κ3) is 5.59. The van der Waals surface area contributed by atoms with Gasteiger partial charge in [-0.1, -0.05) is 29.4 Å². The molecular weight excluding hydrogens is 457 g/mol. The molecule has 0 unspecified atom stereocenters. The van der Waals surface area contributed by atoms with Crippen molar-refractivity contribution in [1.82, 2.24) is 14.5 Å². The molecular formula is C22H23ClFN3O4S. The zero-order valence-electron chi connectivity index (χ0n) is 17.9. The number of carbonyl (C=O) groups is 1. The minimum atomic E-state index is -0.485. The number of carbonyl (C=O) groups excluding carboxylic acids is 1. The number of halogens is 2. The van der Waals surface area contributed by atoms with Gasteiger partial charge in [0.25, 0.3) is 5.56 Å². The number of benzene rings is 2. The van der Waals surface area contributed by atoms with Gasteiger partial charge in [-0.2, -0.15) is 0 Å². The van der Waals surface area contributed by atoms with Crippen LogP contribution < -0.4 is 10.3 Å². The molecule has 170 valence electrons. The SMILES string of the molecule is COCCn1c(SCC(=O)N(C)Cc2ccc(OC)c(F)c2)nc2cc(Cl)ccc2c1=O. The van der Waals surface area contributed by atoms with Crippen molar-refractivity contribution in [2.75, 3.05) is 33.6 Å². The zero-order chi connectivity index (χ0) is 23.3. The molecule has 3 aromatic rings. The van der Waals surface area contributed by atoms with E-state index in [0.29, 0.717) is 39.8 Å². The van der Waals surface area contributed by atoms with Crippen LogP contribution in [0.4, 0.5) is 4.39 Å². The molecule has 0 aliphatic carbocycles. The Morgan fingerprint density at radius 1 is 1.25 bits per heavy atom. The Kier molecular flexibility index (Phi) is 8.11. The molecule has 10 heteroatoms. The van der Waals surface area contributed by atoms with Gasteiger partial charge in [-0.05, 0) is 35.9 Å². The van der Waals surface area contributed by atoms with E-state index in [2.05, 4.69) is 4.98 Å². The first-order valence-corrected chi connectivity index (χ1v) is 11.1. The summed E-state index contributed by atoms with van der Waals surface area (Å²) in [6.45, 7) is 0.862. The molecule has 7 nitrogen and oxygen atoms in total. The van der Waals surface area contributed by atoms with Crippen LogP contribution in [0.3, 0.4) is 0 Å². The predicted molar refractivity (Wildman–Crippen MR) is 123 cm³/mol. The van der Waals surface area contributed by atoms with E-state index in [1.165, 1.54) is 28.7 Å². The molecule has 0 bridgehead atoms. The molecule has 1 amide bonds. The van der Waals surface area contributed by atoms with Gasteiger partial charge in [0.05, 0.1) is 36.9 Å². The van der Waals surface area contributed by atoms with E-state index in [1.807, 2.05) is 0 Å². The molecule has 0 radical (unpaired) electrons. The quantitative estimate of drug-likeness (QED) is 0.345. The summed E-state index contributed by atoms with van der Waals surface area (Å²) in [4.78, 5) is 31.7. The Balaban J connectivity index is 1.77. The van der Waals surface area contributed by atoms with Gasteiger partial charge in [0.2, 0.25) is 5.91 Å². The van der Waals surface area contributed by atoms with Crippen LogP contribution >= 0.6 is 23.4 Å². The minimum Gasteiger partial charge on any atom is -0.494 e. The van der Waals surface area contributed by atoms with Crippen molar-refractivity contribution in [3.63, 3.8) is 0 Å². The maximum Gasteiger partial charge on any atom is 0.262 e. The summed E-state index contributed by atoms with van der Waals surface area (Å²) in [7, 11) is 4.58. The summed E-state index contributed by atoms with van der Waals surface area (Å²) in [6, 6.07) is 9.47. The van der Waals surface area contributed by atoms with Crippen LogP contribution in [0.5, 0.6) is 5.75 Å². The summed E-state index contributed by atoms with van der Waals surface area (Å²) in [5.41, 5.74) is 0.883. The number of thioether (sulfide) groups is 1. The first kappa shape index (κ1) is 24.0. The molecule has 0 fully saturated rings. The van der Waals surface area contributed by atoms with Crippen LogP contribution in [0.1, 0.15) is 5.56 Å². The van der Waals surface area contributed by atoms with E-state index >= 15 is 0 Å². The maximum absolute atomic E-state index is 13.9. The molecule has 0 N–H and O–H groups in total. The number of hydrogen-bond donors (Lipinski definition) is 0. The summed E-state index contributed by atoms with van der Waals surface area (Å²) in [5.74, 6) is -0.471. The summed E-state index contributed by atoms with van der Waals surface area (Å²) < 4.78 is 25.4. The Hall–Kier alpha value is -2.62. The molecule has 32 heavy (non-hydrogen) atoms. The van der Waals surface area contributed by atoms with Crippen molar-refractivity contribution in [1.29, 1.82) is 0 Å². The molecule has 0 saturated carbocycles. The zero-order valence-corrected chi connectivity index (χ0v) is 19.5. The van der Waals surface area contributed by atoms with Crippen LogP contribution in [0, 0.1) is 5.82 Å². The number of rotatable bonds is 9. The highest BCUT2D eigenvalue weighted by Gasteiger charge is 2.16. The van der Waals surface area contributed by atoms with E-state index in [9.17, 15) is 14.0 Å². The van der Waals surface area contributed by atoms with Crippen molar-refractivity contribution in [2.24, 2.45) is 0 Å². The standard InChI is InChI=1S/C22H23ClFN3O4S/c1-26(12-14-4-7-19(31-3)17(24)10-14)20(28)13-32-22-25-18-11-15(23)5-6-16(18)21(29)27(22)8-9-30-2/h4-7,10-11H,8-9,12-13H2,1-3H3. The molecule has 1 heterocycles. The second-order valence-electron chi connectivity index (χ2n) is 7.01. The van der Waals surface area contributed by atoms with Crippen LogP contribution in [0.15, 0.2) is 46.3 Å². The summed E-state index contributed by atoms with van der Waals surface area (Å²) in [5, 5.41) is 1.32. The van der Waals surface area contributed by atoms with E-state index in [0.717, 1.165) is 11.8 Å². The lowest BCUT2D eigenvalue weighted by molar-refractivity contribution is -0.127. The average Bonchev–Trinajstić information content (AvgIpc) is 2.76. The maximum atomic E-state index is 13.9. The number of hydrogen-bond acceptors (Lipinski definition) is 6. The van der Waals surface area contributed by atoms with Crippen molar-refractivity contribution in [2.45, 2.75) is 18.2 Å². The van der Waals surface area contributed by atoms with Crippen LogP contribution in [-0.4, -0.2) is 54.0 Å². The van der Waals surface area contributed by atoms with Crippen molar-refractivity contribution >= 4 is 40.2 Å². The lowest BCUT2D eigenvalue weighted by Crippen LogP contribution is -2.29. The fourth-order valence-electron chi connectivity index (χ4n) is 3.07. The fraction of sp³-hybridized carbons (Fsp3) is 0.318. The Bertz CT molecular complexity index is 1190. The molecule has 0 aliphatic rings.